The second-order valence-electron chi connectivity index (χ2n) is 4.58. The van der Waals surface area contributed by atoms with Crippen molar-refractivity contribution in [3.05, 3.63) is 0 Å². The maximum atomic E-state index is 12.2. The average molecular weight is 244 g/mol. The number of ether oxygens (including phenoxy) is 1. The van der Waals surface area contributed by atoms with Gasteiger partial charge in [0.1, 0.15) is 0 Å². The lowest BCUT2D eigenvalue weighted by atomic mass is 10.2. The highest BCUT2D eigenvalue weighted by atomic mass is 32.2. The van der Waals surface area contributed by atoms with E-state index in [4.69, 9.17) is 4.74 Å². The molecule has 1 amide bonds. The molecule has 4 nitrogen and oxygen atoms in total. The van der Waals surface area contributed by atoms with Crippen molar-refractivity contribution in [2.24, 2.45) is 0 Å². The zero-order valence-electron chi connectivity index (χ0n) is 9.94. The molecule has 3 atom stereocenters. The number of carbonyl (C=O) groups is 1. The van der Waals surface area contributed by atoms with E-state index in [9.17, 15) is 4.79 Å². The van der Waals surface area contributed by atoms with Gasteiger partial charge in [0.15, 0.2) is 0 Å². The van der Waals surface area contributed by atoms with Crippen LogP contribution >= 0.6 is 11.8 Å². The van der Waals surface area contributed by atoms with Crippen molar-refractivity contribution in [1.82, 2.24) is 10.2 Å². The van der Waals surface area contributed by atoms with Gasteiger partial charge in [-0.3, -0.25) is 4.79 Å². The monoisotopic (exact) mass is 244 g/mol. The minimum Gasteiger partial charge on any atom is -0.372 e. The third-order valence-corrected chi connectivity index (χ3v) is 4.01. The van der Waals surface area contributed by atoms with Gasteiger partial charge < -0.3 is 15.0 Å². The van der Waals surface area contributed by atoms with Crippen molar-refractivity contribution < 1.29 is 9.53 Å². The topological polar surface area (TPSA) is 41.6 Å². The molecule has 0 aliphatic carbocycles. The molecule has 0 aromatic heterocycles. The molecular weight excluding hydrogens is 224 g/mol. The molecule has 1 N–H and O–H groups in total. The maximum absolute atomic E-state index is 12.2. The predicted molar refractivity (Wildman–Crippen MR) is 65.7 cm³/mol. The summed E-state index contributed by atoms with van der Waals surface area (Å²) in [5.74, 6) is 2.26. The Labute approximate surface area is 101 Å². The van der Waals surface area contributed by atoms with Crippen LogP contribution in [0.2, 0.25) is 0 Å². The summed E-state index contributed by atoms with van der Waals surface area (Å²) < 4.78 is 5.63. The van der Waals surface area contributed by atoms with Crippen molar-refractivity contribution in [2.45, 2.75) is 32.1 Å². The Morgan fingerprint density at radius 3 is 2.62 bits per heavy atom. The molecule has 0 aromatic rings. The van der Waals surface area contributed by atoms with E-state index >= 15 is 0 Å². The van der Waals surface area contributed by atoms with Crippen LogP contribution in [0.4, 0.5) is 0 Å². The van der Waals surface area contributed by atoms with Gasteiger partial charge >= 0.3 is 0 Å². The van der Waals surface area contributed by atoms with Crippen LogP contribution in [-0.2, 0) is 9.53 Å². The summed E-state index contributed by atoms with van der Waals surface area (Å²) in [6.45, 7) is 6.45. The Morgan fingerprint density at radius 2 is 2.06 bits per heavy atom. The van der Waals surface area contributed by atoms with E-state index in [-0.39, 0.29) is 24.2 Å². The van der Waals surface area contributed by atoms with Crippen LogP contribution in [0.15, 0.2) is 0 Å². The highest BCUT2D eigenvalue weighted by Gasteiger charge is 2.31. The zero-order valence-corrected chi connectivity index (χ0v) is 10.8. The number of hydrogen-bond acceptors (Lipinski definition) is 4. The molecule has 0 radical (unpaired) electrons. The maximum Gasteiger partial charge on any atom is 0.240 e. The van der Waals surface area contributed by atoms with E-state index in [1.807, 2.05) is 30.5 Å². The van der Waals surface area contributed by atoms with E-state index < -0.39 is 0 Å². The number of morpholine rings is 1. The molecule has 2 aliphatic heterocycles. The van der Waals surface area contributed by atoms with Crippen LogP contribution in [0.25, 0.3) is 0 Å². The zero-order chi connectivity index (χ0) is 11.5. The summed E-state index contributed by atoms with van der Waals surface area (Å²) in [5.41, 5.74) is 0. The predicted octanol–water partition coefficient (Wildman–Crippen LogP) is 0.327. The standard InChI is InChI=1S/C11H20N2O2S/c1-8-5-13(6-9(2)15-8)11(14)10-7-16-4-3-12-10/h8-10,12H,3-7H2,1-2H3/t8-,9+,10?. The number of nitrogens with one attached hydrogen (secondary N) is 1. The van der Waals surface area contributed by atoms with Gasteiger partial charge in [-0.15, -0.1) is 0 Å². The molecule has 2 heterocycles. The number of hydrogen-bond donors (Lipinski definition) is 1. The molecule has 2 saturated heterocycles. The van der Waals surface area contributed by atoms with Gasteiger partial charge in [0, 0.05) is 31.1 Å². The lowest BCUT2D eigenvalue weighted by Crippen LogP contribution is -2.56. The molecule has 16 heavy (non-hydrogen) atoms. The highest BCUT2D eigenvalue weighted by Crippen LogP contribution is 2.15. The fourth-order valence-electron chi connectivity index (χ4n) is 2.30. The third-order valence-electron chi connectivity index (χ3n) is 2.95. The van der Waals surface area contributed by atoms with Crippen molar-refractivity contribution in [3.63, 3.8) is 0 Å². The van der Waals surface area contributed by atoms with E-state index in [1.165, 1.54) is 0 Å². The van der Waals surface area contributed by atoms with Crippen molar-refractivity contribution in [2.75, 3.05) is 31.1 Å². The van der Waals surface area contributed by atoms with Gasteiger partial charge in [0.05, 0.1) is 18.2 Å². The molecule has 0 aromatic carbocycles. The first-order valence-electron chi connectivity index (χ1n) is 5.92. The fourth-order valence-corrected chi connectivity index (χ4v) is 3.23. The summed E-state index contributed by atoms with van der Waals surface area (Å²) in [6.07, 6.45) is 0.313. The molecule has 1 unspecified atom stereocenters. The Bertz CT molecular complexity index is 246. The largest absolute Gasteiger partial charge is 0.372 e. The number of thioether (sulfide) groups is 1. The first kappa shape index (κ1) is 12.2. The number of rotatable bonds is 1. The summed E-state index contributed by atoms with van der Waals surface area (Å²) in [4.78, 5) is 14.2. The second kappa shape index (κ2) is 5.38. The first-order valence-corrected chi connectivity index (χ1v) is 7.07. The molecule has 2 rings (SSSR count). The summed E-state index contributed by atoms with van der Waals surface area (Å²) in [5, 5.41) is 3.29. The van der Waals surface area contributed by atoms with Gasteiger partial charge in [0.2, 0.25) is 5.91 Å². The van der Waals surface area contributed by atoms with Gasteiger partial charge in [0.25, 0.3) is 0 Å². The first-order chi connectivity index (χ1) is 7.66. The summed E-state index contributed by atoms with van der Waals surface area (Å²) >= 11 is 1.86. The highest BCUT2D eigenvalue weighted by molar-refractivity contribution is 7.99. The van der Waals surface area contributed by atoms with Crippen LogP contribution < -0.4 is 5.32 Å². The lowest BCUT2D eigenvalue weighted by molar-refractivity contribution is -0.144. The quantitative estimate of drug-likeness (QED) is 0.721. The van der Waals surface area contributed by atoms with Crippen LogP contribution in [0.1, 0.15) is 13.8 Å². The molecule has 92 valence electrons. The minimum absolute atomic E-state index is 0.0104. The molecule has 2 fully saturated rings. The van der Waals surface area contributed by atoms with Crippen molar-refractivity contribution >= 4 is 17.7 Å². The molecule has 0 bridgehead atoms. The molecule has 0 spiro atoms. The minimum atomic E-state index is 0.0104. The van der Waals surface area contributed by atoms with E-state index in [1.54, 1.807) is 0 Å². The second-order valence-corrected chi connectivity index (χ2v) is 5.73. The van der Waals surface area contributed by atoms with Crippen LogP contribution in [0, 0.1) is 0 Å². The molecule has 0 saturated carbocycles. The van der Waals surface area contributed by atoms with Gasteiger partial charge in [-0.25, -0.2) is 0 Å². The molecule has 5 heteroatoms. The van der Waals surface area contributed by atoms with Crippen LogP contribution in [-0.4, -0.2) is 60.2 Å². The Morgan fingerprint density at radius 1 is 1.38 bits per heavy atom. The SMILES string of the molecule is C[C@@H]1CN(C(=O)C2CSCCN2)C[C@H](C)O1. The summed E-state index contributed by atoms with van der Waals surface area (Å²) in [6, 6.07) is 0.0104. The molecular formula is C11H20N2O2S. The average Bonchev–Trinajstić information content (AvgIpc) is 2.28. The van der Waals surface area contributed by atoms with Crippen LogP contribution in [0.5, 0.6) is 0 Å². The molecule has 2 aliphatic rings. The normalized spacial score (nSPS) is 36.1. The number of amides is 1. The number of carbonyl (C=O) groups excluding carboxylic acids is 1. The third kappa shape index (κ3) is 2.90. The van der Waals surface area contributed by atoms with Gasteiger partial charge in [-0.05, 0) is 13.8 Å². The van der Waals surface area contributed by atoms with Gasteiger partial charge in [-0.2, -0.15) is 11.8 Å². The van der Waals surface area contributed by atoms with Crippen molar-refractivity contribution in [3.8, 4) is 0 Å². The van der Waals surface area contributed by atoms with E-state index in [2.05, 4.69) is 5.32 Å². The fraction of sp³-hybridized carbons (Fsp3) is 0.909. The Hall–Kier alpha value is -0.260. The smallest absolute Gasteiger partial charge is 0.240 e. The Balaban J connectivity index is 1.92. The van der Waals surface area contributed by atoms with E-state index in [0.29, 0.717) is 0 Å². The van der Waals surface area contributed by atoms with Crippen molar-refractivity contribution in [1.29, 1.82) is 0 Å². The lowest BCUT2D eigenvalue weighted by Gasteiger charge is -2.37. The Kier molecular flexibility index (Phi) is 4.10. The van der Waals surface area contributed by atoms with Crippen LogP contribution in [0.3, 0.4) is 0 Å². The number of nitrogens with zero attached hydrogens (tertiary/aromatic N) is 1. The summed E-state index contributed by atoms with van der Waals surface area (Å²) in [7, 11) is 0. The van der Waals surface area contributed by atoms with Gasteiger partial charge in [-0.1, -0.05) is 0 Å². The van der Waals surface area contributed by atoms with E-state index in [0.717, 1.165) is 31.1 Å².